The highest BCUT2D eigenvalue weighted by Crippen LogP contribution is 2.26. The summed E-state index contributed by atoms with van der Waals surface area (Å²) in [5, 5.41) is 3.05. The molecule has 1 aliphatic rings. The number of amides is 1. The minimum absolute atomic E-state index is 0.0130. The maximum atomic E-state index is 12.6. The summed E-state index contributed by atoms with van der Waals surface area (Å²) in [7, 11) is 0. The van der Waals surface area contributed by atoms with E-state index in [-0.39, 0.29) is 12.0 Å². The number of carbonyl (C=O) groups excluding carboxylic acids is 1. The summed E-state index contributed by atoms with van der Waals surface area (Å²) in [5.41, 5.74) is 4.96. The first kappa shape index (κ1) is 18.7. The van der Waals surface area contributed by atoms with Crippen LogP contribution in [0.5, 0.6) is 5.75 Å². The van der Waals surface area contributed by atoms with Crippen LogP contribution in [0.25, 0.3) is 11.3 Å². The lowest BCUT2D eigenvalue weighted by Gasteiger charge is -2.21. The maximum Gasteiger partial charge on any atom is 0.234 e. The SMILES string of the molecule is CC1CN(CC(=O)NCc2scnc2-c2ccccc2)Cc2ccccc2O1. The Labute approximate surface area is 169 Å². The number of hydrogen-bond donors (Lipinski definition) is 1. The Morgan fingerprint density at radius 2 is 2.00 bits per heavy atom. The van der Waals surface area contributed by atoms with Crippen LogP contribution in [-0.4, -0.2) is 35.0 Å². The lowest BCUT2D eigenvalue weighted by Crippen LogP contribution is -2.39. The van der Waals surface area contributed by atoms with E-state index in [9.17, 15) is 4.79 Å². The summed E-state index contributed by atoms with van der Waals surface area (Å²) in [6, 6.07) is 18.1. The highest BCUT2D eigenvalue weighted by molar-refractivity contribution is 7.10. The average molecular weight is 394 g/mol. The molecular formula is C22H23N3O2S. The van der Waals surface area contributed by atoms with Crippen LogP contribution in [0.15, 0.2) is 60.1 Å². The van der Waals surface area contributed by atoms with E-state index >= 15 is 0 Å². The molecule has 28 heavy (non-hydrogen) atoms. The van der Waals surface area contributed by atoms with Crippen molar-refractivity contribution in [3.8, 4) is 17.0 Å². The van der Waals surface area contributed by atoms with Gasteiger partial charge in [-0.3, -0.25) is 9.69 Å². The van der Waals surface area contributed by atoms with Gasteiger partial charge in [-0.05, 0) is 13.0 Å². The minimum Gasteiger partial charge on any atom is -0.489 e. The molecular weight excluding hydrogens is 370 g/mol. The van der Waals surface area contributed by atoms with Gasteiger partial charge in [0, 0.05) is 24.2 Å². The molecule has 0 saturated carbocycles. The van der Waals surface area contributed by atoms with E-state index in [4.69, 9.17) is 4.74 Å². The second-order valence-electron chi connectivity index (χ2n) is 6.97. The Balaban J connectivity index is 1.37. The van der Waals surface area contributed by atoms with Crippen molar-refractivity contribution in [1.29, 1.82) is 0 Å². The molecule has 1 unspecified atom stereocenters. The molecule has 1 atom stereocenters. The molecule has 6 heteroatoms. The molecule has 0 bridgehead atoms. The third kappa shape index (κ3) is 4.40. The van der Waals surface area contributed by atoms with Gasteiger partial charge >= 0.3 is 0 Å². The molecule has 1 aliphatic heterocycles. The fraction of sp³-hybridized carbons (Fsp3) is 0.273. The van der Waals surface area contributed by atoms with Crippen LogP contribution in [0.1, 0.15) is 17.4 Å². The molecule has 4 rings (SSSR count). The van der Waals surface area contributed by atoms with Gasteiger partial charge in [-0.1, -0.05) is 48.5 Å². The summed E-state index contributed by atoms with van der Waals surface area (Å²) >= 11 is 1.57. The number of fused-ring (bicyclic) bond motifs is 1. The fourth-order valence-corrected chi connectivity index (χ4v) is 4.18. The first-order chi connectivity index (χ1) is 13.7. The summed E-state index contributed by atoms with van der Waals surface area (Å²) in [6.45, 7) is 4.31. The largest absolute Gasteiger partial charge is 0.489 e. The molecule has 1 N–H and O–H groups in total. The maximum absolute atomic E-state index is 12.6. The van der Waals surface area contributed by atoms with E-state index in [1.807, 2.05) is 61.0 Å². The van der Waals surface area contributed by atoms with Crippen molar-refractivity contribution in [3.05, 3.63) is 70.5 Å². The van der Waals surface area contributed by atoms with Gasteiger partial charge in [0.1, 0.15) is 11.9 Å². The Morgan fingerprint density at radius 1 is 1.21 bits per heavy atom. The Hall–Kier alpha value is -2.70. The highest BCUT2D eigenvalue weighted by Gasteiger charge is 2.21. The normalized spacial score (nSPS) is 16.7. The smallest absolute Gasteiger partial charge is 0.234 e. The standard InChI is InChI=1S/C22H23N3O2S/c1-16-12-25(13-18-9-5-6-10-19(18)27-16)14-21(26)23-11-20-22(24-15-28-20)17-7-3-2-4-8-17/h2-10,15-16H,11-14H2,1H3,(H,23,26). The van der Waals surface area contributed by atoms with Crippen LogP contribution in [0.3, 0.4) is 0 Å². The van der Waals surface area contributed by atoms with E-state index in [1.165, 1.54) is 0 Å². The van der Waals surface area contributed by atoms with Crippen LogP contribution in [0, 0.1) is 0 Å². The molecule has 0 saturated heterocycles. The van der Waals surface area contributed by atoms with E-state index in [0.29, 0.717) is 19.6 Å². The predicted molar refractivity (Wildman–Crippen MR) is 111 cm³/mol. The summed E-state index contributed by atoms with van der Waals surface area (Å²) in [4.78, 5) is 20.2. The molecule has 3 aromatic rings. The molecule has 0 radical (unpaired) electrons. The van der Waals surface area contributed by atoms with Gasteiger partial charge in [-0.2, -0.15) is 0 Å². The van der Waals surface area contributed by atoms with E-state index < -0.39 is 0 Å². The number of nitrogens with one attached hydrogen (secondary N) is 1. The minimum atomic E-state index is 0.0130. The van der Waals surface area contributed by atoms with Crippen molar-refractivity contribution in [2.75, 3.05) is 13.1 Å². The Morgan fingerprint density at radius 3 is 2.86 bits per heavy atom. The number of thiazole rings is 1. The predicted octanol–water partition coefficient (Wildman–Crippen LogP) is 3.71. The molecule has 0 aliphatic carbocycles. The lowest BCUT2D eigenvalue weighted by atomic mass is 10.1. The fourth-order valence-electron chi connectivity index (χ4n) is 3.46. The molecule has 0 spiro atoms. The van der Waals surface area contributed by atoms with Crippen LogP contribution in [0.2, 0.25) is 0 Å². The van der Waals surface area contributed by atoms with E-state index in [0.717, 1.165) is 34.0 Å². The van der Waals surface area contributed by atoms with Crippen molar-refractivity contribution in [1.82, 2.24) is 15.2 Å². The number of carbonyl (C=O) groups is 1. The van der Waals surface area contributed by atoms with Gasteiger partial charge in [0.05, 0.1) is 29.2 Å². The topological polar surface area (TPSA) is 54.5 Å². The van der Waals surface area contributed by atoms with Crippen molar-refractivity contribution in [2.24, 2.45) is 0 Å². The van der Waals surface area contributed by atoms with E-state index in [2.05, 4.69) is 21.3 Å². The lowest BCUT2D eigenvalue weighted by molar-refractivity contribution is -0.122. The zero-order valence-corrected chi connectivity index (χ0v) is 16.6. The molecule has 1 aromatic heterocycles. The van der Waals surface area contributed by atoms with Crippen LogP contribution in [-0.2, 0) is 17.9 Å². The quantitative estimate of drug-likeness (QED) is 0.718. The van der Waals surface area contributed by atoms with Crippen molar-refractivity contribution < 1.29 is 9.53 Å². The molecule has 2 aromatic carbocycles. The van der Waals surface area contributed by atoms with Gasteiger partial charge < -0.3 is 10.1 Å². The molecule has 144 valence electrons. The highest BCUT2D eigenvalue weighted by atomic mass is 32.1. The number of nitrogens with zero attached hydrogens (tertiary/aromatic N) is 2. The molecule has 2 heterocycles. The molecule has 0 fully saturated rings. The van der Waals surface area contributed by atoms with Gasteiger partial charge in [-0.15, -0.1) is 11.3 Å². The van der Waals surface area contributed by atoms with E-state index in [1.54, 1.807) is 11.3 Å². The third-order valence-electron chi connectivity index (χ3n) is 4.71. The van der Waals surface area contributed by atoms with Crippen LogP contribution in [0.4, 0.5) is 0 Å². The number of hydrogen-bond acceptors (Lipinski definition) is 5. The number of aromatic nitrogens is 1. The van der Waals surface area contributed by atoms with Gasteiger partial charge in [0.25, 0.3) is 0 Å². The average Bonchev–Trinajstić information content (AvgIpc) is 3.10. The summed E-state index contributed by atoms with van der Waals surface area (Å²) < 4.78 is 5.97. The second-order valence-corrected chi connectivity index (χ2v) is 7.91. The zero-order chi connectivity index (χ0) is 19.3. The van der Waals surface area contributed by atoms with Crippen molar-refractivity contribution >= 4 is 17.2 Å². The van der Waals surface area contributed by atoms with Gasteiger partial charge in [0.15, 0.2) is 0 Å². The second kappa shape index (κ2) is 8.54. The number of rotatable bonds is 5. The molecule has 1 amide bonds. The Bertz CT molecular complexity index is 942. The van der Waals surface area contributed by atoms with Crippen molar-refractivity contribution in [2.45, 2.75) is 26.1 Å². The first-order valence-electron chi connectivity index (χ1n) is 9.40. The van der Waals surface area contributed by atoms with Gasteiger partial charge in [0.2, 0.25) is 5.91 Å². The number of ether oxygens (including phenoxy) is 1. The number of para-hydroxylation sites is 1. The van der Waals surface area contributed by atoms with Crippen LogP contribution < -0.4 is 10.1 Å². The summed E-state index contributed by atoms with van der Waals surface area (Å²) in [5.74, 6) is 0.925. The van der Waals surface area contributed by atoms with Crippen molar-refractivity contribution in [3.63, 3.8) is 0 Å². The summed E-state index contributed by atoms with van der Waals surface area (Å²) in [6.07, 6.45) is 0.0441. The third-order valence-corrected chi connectivity index (χ3v) is 5.54. The van der Waals surface area contributed by atoms with Gasteiger partial charge in [-0.25, -0.2) is 4.98 Å². The first-order valence-corrected chi connectivity index (χ1v) is 10.3. The number of benzene rings is 2. The monoisotopic (exact) mass is 393 g/mol. The van der Waals surface area contributed by atoms with Crippen LogP contribution >= 0.6 is 11.3 Å². The molecule has 5 nitrogen and oxygen atoms in total. The zero-order valence-electron chi connectivity index (χ0n) is 15.8. The Kier molecular flexibility index (Phi) is 5.69.